The number of hydrogen-bond donors (Lipinski definition) is 1. The molecule has 1 fully saturated rings. The number of aryl methyl sites for hydroxylation is 1. The number of rotatable bonds is 5. The second-order valence-electron chi connectivity index (χ2n) is 4.48. The lowest BCUT2D eigenvalue weighted by Crippen LogP contribution is -2.27. The molecule has 2 rings (SSSR count). The molecule has 1 aliphatic carbocycles. The Labute approximate surface area is 105 Å². The van der Waals surface area contributed by atoms with Gasteiger partial charge in [-0.2, -0.15) is 0 Å². The molecular formula is C12H18BrN3. The second-order valence-corrected chi connectivity index (χ2v) is 5.34. The van der Waals surface area contributed by atoms with Gasteiger partial charge in [0, 0.05) is 25.3 Å². The van der Waals surface area contributed by atoms with Gasteiger partial charge in [-0.05, 0) is 54.4 Å². The molecule has 0 unspecified atom stereocenters. The number of pyridine rings is 1. The summed E-state index contributed by atoms with van der Waals surface area (Å²) in [4.78, 5) is 6.77. The van der Waals surface area contributed by atoms with Crippen LogP contribution >= 0.6 is 15.9 Å². The van der Waals surface area contributed by atoms with Crippen molar-refractivity contribution in [2.24, 2.45) is 0 Å². The number of halogens is 1. The third-order valence-electron chi connectivity index (χ3n) is 2.91. The minimum absolute atomic E-state index is 0.830. The van der Waals surface area contributed by atoms with Crippen LogP contribution in [0, 0.1) is 6.92 Å². The molecule has 0 amide bonds. The van der Waals surface area contributed by atoms with Crippen molar-refractivity contribution in [3.63, 3.8) is 0 Å². The van der Waals surface area contributed by atoms with E-state index in [4.69, 9.17) is 0 Å². The highest BCUT2D eigenvalue weighted by atomic mass is 79.9. The van der Waals surface area contributed by atoms with Crippen LogP contribution in [0.3, 0.4) is 0 Å². The fourth-order valence-electron chi connectivity index (χ4n) is 1.71. The van der Waals surface area contributed by atoms with E-state index in [0.717, 1.165) is 29.4 Å². The molecule has 0 radical (unpaired) electrons. The van der Waals surface area contributed by atoms with Crippen LogP contribution in [0.25, 0.3) is 0 Å². The van der Waals surface area contributed by atoms with E-state index in [2.05, 4.69) is 44.2 Å². The maximum atomic E-state index is 4.36. The van der Waals surface area contributed by atoms with Crippen molar-refractivity contribution < 1.29 is 0 Å². The van der Waals surface area contributed by atoms with Crippen LogP contribution < -0.4 is 5.32 Å². The molecule has 1 heterocycles. The first-order valence-corrected chi connectivity index (χ1v) is 6.52. The molecule has 0 saturated heterocycles. The van der Waals surface area contributed by atoms with Gasteiger partial charge in [-0.15, -0.1) is 0 Å². The highest BCUT2D eigenvalue weighted by molar-refractivity contribution is 9.10. The van der Waals surface area contributed by atoms with Gasteiger partial charge in [0.2, 0.25) is 0 Å². The van der Waals surface area contributed by atoms with E-state index in [-0.39, 0.29) is 0 Å². The van der Waals surface area contributed by atoms with Gasteiger partial charge in [0.15, 0.2) is 0 Å². The summed E-state index contributed by atoms with van der Waals surface area (Å²) in [5, 5.41) is 3.35. The molecule has 0 aromatic carbocycles. The maximum absolute atomic E-state index is 4.36. The van der Waals surface area contributed by atoms with Crippen LogP contribution in [0.4, 0.5) is 5.82 Å². The van der Waals surface area contributed by atoms with Gasteiger partial charge >= 0.3 is 0 Å². The van der Waals surface area contributed by atoms with Crippen molar-refractivity contribution in [2.75, 3.05) is 25.5 Å². The first-order valence-electron chi connectivity index (χ1n) is 5.73. The standard InChI is InChI=1S/C12H18BrN3/c1-9-7-11(13)12(15-8-9)14-5-6-16(2)10-3-4-10/h7-8,10H,3-6H2,1-2H3,(H,14,15). The average Bonchev–Trinajstić information content (AvgIpc) is 3.04. The lowest BCUT2D eigenvalue weighted by atomic mass is 10.3. The topological polar surface area (TPSA) is 28.2 Å². The van der Waals surface area contributed by atoms with Crippen LogP contribution in [0.1, 0.15) is 18.4 Å². The fourth-order valence-corrected chi connectivity index (χ4v) is 2.32. The van der Waals surface area contributed by atoms with Crippen molar-refractivity contribution in [1.82, 2.24) is 9.88 Å². The lowest BCUT2D eigenvalue weighted by Gasteiger charge is -2.16. The Kier molecular flexibility index (Phi) is 3.82. The normalized spacial score (nSPS) is 15.5. The third-order valence-corrected chi connectivity index (χ3v) is 3.51. The Morgan fingerprint density at radius 3 is 2.94 bits per heavy atom. The predicted octanol–water partition coefficient (Wildman–Crippen LogP) is 2.66. The van der Waals surface area contributed by atoms with Gasteiger partial charge in [-0.25, -0.2) is 4.98 Å². The van der Waals surface area contributed by atoms with Crippen LogP contribution in [-0.4, -0.2) is 36.1 Å². The molecule has 1 aliphatic rings. The van der Waals surface area contributed by atoms with E-state index in [1.54, 1.807) is 0 Å². The molecule has 4 heteroatoms. The molecule has 1 saturated carbocycles. The van der Waals surface area contributed by atoms with Crippen molar-refractivity contribution in [3.8, 4) is 0 Å². The Morgan fingerprint density at radius 2 is 2.31 bits per heavy atom. The van der Waals surface area contributed by atoms with Crippen molar-refractivity contribution in [3.05, 3.63) is 22.3 Å². The summed E-state index contributed by atoms with van der Waals surface area (Å²) in [6, 6.07) is 2.91. The Bertz CT molecular complexity index is 363. The summed E-state index contributed by atoms with van der Waals surface area (Å²) in [7, 11) is 2.19. The first-order chi connectivity index (χ1) is 7.66. The summed E-state index contributed by atoms with van der Waals surface area (Å²) in [5.41, 5.74) is 1.17. The Morgan fingerprint density at radius 1 is 1.56 bits per heavy atom. The predicted molar refractivity (Wildman–Crippen MR) is 70.8 cm³/mol. The third kappa shape index (κ3) is 3.19. The smallest absolute Gasteiger partial charge is 0.140 e. The quantitative estimate of drug-likeness (QED) is 0.901. The molecule has 1 aromatic heterocycles. The highest BCUT2D eigenvalue weighted by Gasteiger charge is 2.25. The first kappa shape index (κ1) is 11.9. The zero-order valence-electron chi connectivity index (χ0n) is 9.83. The van der Waals surface area contributed by atoms with E-state index in [0.29, 0.717) is 0 Å². The molecular weight excluding hydrogens is 266 g/mol. The van der Waals surface area contributed by atoms with Gasteiger partial charge < -0.3 is 10.2 Å². The number of aromatic nitrogens is 1. The van der Waals surface area contributed by atoms with Gasteiger partial charge in [0.1, 0.15) is 5.82 Å². The molecule has 0 atom stereocenters. The summed E-state index contributed by atoms with van der Waals surface area (Å²) in [6.45, 7) is 4.07. The van der Waals surface area contributed by atoms with Crippen molar-refractivity contribution >= 4 is 21.7 Å². The van der Waals surface area contributed by atoms with E-state index >= 15 is 0 Å². The maximum Gasteiger partial charge on any atom is 0.140 e. The Hall–Kier alpha value is -0.610. The lowest BCUT2D eigenvalue weighted by molar-refractivity contribution is 0.337. The van der Waals surface area contributed by atoms with E-state index in [1.165, 1.54) is 18.4 Å². The fraction of sp³-hybridized carbons (Fsp3) is 0.583. The SMILES string of the molecule is Cc1cnc(NCCN(C)C2CC2)c(Br)c1. The van der Waals surface area contributed by atoms with E-state index in [1.807, 2.05) is 13.1 Å². The van der Waals surface area contributed by atoms with E-state index < -0.39 is 0 Å². The molecule has 0 aliphatic heterocycles. The molecule has 88 valence electrons. The van der Waals surface area contributed by atoms with Crippen LogP contribution in [0.2, 0.25) is 0 Å². The minimum Gasteiger partial charge on any atom is -0.368 e. The van der Waals surface area contributed by atoms with Gasteiger partial charge in [0.05, 0.1) is 4.47 Å². The Balaban J connectivity index is 1.80. The van der Waals surface area contributed by atoms with Gasteiger partial charge in [-0.3, -0.25) is 0 Å². The minimum atomic E-state index is 0.830. The number of hydrogen-bond acceptors (Lipinski definition) is 3. The molecule has 1 N–H and O–H groups in total. The number of nitrogens with one attached hydrogen (secondary N) is 1. The monoisotopic (exact) mass is 283 g/mol. The molecule has 16 heavy (non-hydrogen) atoms. The zero-order chi connectivity index (χ0) is 11.5. The second kappa shape index (κ2) is 5.15. The molecule has 0 spiro atoms. The van der Waals surface area contributed by atoms with Crippen molar-refractivity contribution in [1.29, 1.82) is 0 Å². The summed E-state index contributed by atoms with van der Waals surface area (Å²) >= 11 is 3.52. The average molecular weight is 284 g/mol. The van der Waals surface area contributed by atoms with Gasteiger partial charge in [-0.1, -0.05) is 0 Å². The summed E-state index contributed by atoms with van der Waals surface area (Å²) < 4.78 is 1.04. The van der Waals surface area contributed by atoms with Crippen LogP contribution in [-0.2, 0) is 0 Å². The van der Waals surface area contributed by atoms with Gasteiger partial charge in [0.25, 0.3) is 0 Å². The molecule has 3 nitrogen and oxygen atoms in total. The van der Waals surface area contributed by atoms with E-state index in [9.17, 15) is 0 Å². The number of likely N-dealkylation sites (N-methyl/N-ethyl adjacent to an activating group) is 1. The number of anilines is 1. The van der Waals surface area contributed by atoms with Crippen LogP contribution in [0.5, 0.6) is 0 Å². The summed E-state index contributed by atoms with van der Waals surface area (Å²) in [5.74, 6) is 0.940. The molecule has 0 bridgehead atoms. The zero-order valence-corrected chi connectivity index (χ0v) is 11.4. The molecule has 1 aromatic rings. The summed E-state index contributed by atoms with van der Waals surface area (Å²) in [6.07, 6.45) is 4.61. The number of nitrogens with zero attached hydrogens (tertiary/aromatic N) is 2. The highest BCUT2D eigenvalue weighted by Crippen LogP contribution is 2.25. The van der Waals surface area contributed by atoms with Crippen molar-refractivity contribution in [2.45, 2.75) is 25.8 Å². The van der Waals surface area contributed by atoms with Crippen LogP contribution in [0.15, 0.2) is 16.7 Å². The largest absolute Gasteiger partial charge is 0.368 e.